The van der Waals surface area contributed by atoms with Gasteiger partial charge >= 0.3 is 5.97 Å². The molecular formula is C24H30O5. The second-order valence-electron chi connectivity index (χ2n) is 10.1. The number of esters is 1. The number of ether oxygens (including phenoxy) is 2. The number of rotatable bonds is 4. The molecule has 0 radical (unpaired) electrons. The molecule has 3 aliphatic rings. The van der Waals surface area contributed by atoms with E-state index in [0.29, 0.717) is 23.1 Å². The highest BCUT2D eigenvalue weighted by Gasteiger charge is 2.61. The number of allylic oxidation sites excluding steroid dienone is 1. The van der Waals surface area contributed by atoms with E-state index >= 15 is 0 Å². The summed E-state index contributed by atoms with van der Waals surface area (Å²) in [7, 11) is 1.51. The van der Waals surface area contributed by atoms with Crippen LogP contribution in [-0.2, 0) is 9.53 Å². The van der Waals surface area contributed by atoms with Gasteiger partial charge < -0.3 is 14.6 Å². The highest BCUT2D eigenvalue weighted by molar-refractivity contribution is 5.94. The lowest BCUT2D eigenvalue weighted by Crippen LogP contribution is -2.53. The predicted molar refractivity (Wildman–Crippen MR) is 109 cm³/mol. The molecule has 1 N–H and O–H groups in total. The highest BCUT2D eigenvalue weighted by Crippen LogP contribution is 2.66. The van der Waals surface area contributed by atoms with E-state index in [2.05, 4.69) is 20.8 Å². The Balaban J connectivity index is 1.60. The smallest absolute Gasteiger partial charge is 0.342 e. The number of phenolic OH excluding ortho intramolecular Hbond substituents is 1. The highest BCUT2D eigenvalue weighted by atomic mass is 16.5. The Hall–Kier alpha value is -2.30. The molecule has 29 heavy (non-hydrogen) atoms. The van der Waals surface area contributed by atoms with E-state index < -0.39 is 12.1 Å². The summed E-state index contributed by atoms with van der Waals surface area (Å²) in [5.74, 6) is 0.841. The lowest BCUT2D eigenvalue weighted by molar-refractivity contribution is -0.106. The maximum Gasteiger partial charge on any atom is 0.342 e. The van der Waals surface area contributed by atoms with Crippen molar-refractivity contribution in [2.24, 2.45) is 22.7 Å². The maximum atomic E-state index is 12.9. The van der Waals surface area contributed by atoms with Gasteiger partial charge in [-0.15, -0.1) is 0 Å². The number of hydrogen-bond acceptors (Lipinski definition) is 5. The second kappa shape index (κ2) is 6.61. The van der Waals surface area contributed by atoms with E-state index in [4.69, 9.17) is 9.47 Å². The molecule has 4 rings (SSSR count). The van der Waals surface area contributed by atoms with Crippen LogP contribution in [0.1, 0.15) is 62.4 Å². The van der Waals surface area contributed by atoms with Gasteiger partial charge in [-0.05, 0) is 78.0 Å². The Morgan fingerprint density at radius 1 is 1.21 bits per heavy atom. The van der Waals surface area contributed by atoms with Gasteiger partial charge in [0.2, 0.25) is 0 Å². The number of hydrogen-bond donors (Lipinski definition) is 1. The van der Waals surface area contributed by atoms with Crippen molar-refractivity contribution >= 4 is 12.3 Å². The number of phenols is 1. The Kier molecular flexibility index (Phi) is 4.56. The zero-order valence-corrected chi connectivity index (χ0v) is 17.9. The zero-order chi connectivity index (χ0) is 21.1. The van der Waals surface area contributed by atoms with E-state index in [9.17, 15) is 14.7 Å². The fourth-order valence-corrected chi connectivity index (χ4v) is 6.33. The predicted octanol–water partition coefficient (Wildman–Crippen LogP) is 4.60. The molecular weight excluding hydrogens is 368 g/mol. The Morgan fingerprint density at radius 3 is 2.55 bits per heavy atom. The molecule has 4 atom stereocenters. The second-order valence-corrected chi connectivity index (χ2v) is 10.1. The summed E-state index contributed by atoms with van der Waals surface area (Å²) in [4.78, 5) is 24.7. The van der Waals surface area contributed by atoms with Crippen LogP contribution in [-0.4, -0.2) is 30.6 Å². The molecule has 0 aliphatic heterocycles. The van der Waals surface area contributed by atoms with Crippen LogP contribution < -0.4 is 4.74 Å². The van der Waals surface area contributed by atoms with Gasteiger partial charge in [0.25, 0.3) is 0 Å². The lowest BCUT2D eigenvalue weighted by Gasteiger charge is -2.56. The van der Waals surface area contributed by atoms with Crippen molar-refractivity contribution in [1.29, 1.82) is 0 Å². The normalized spacial score (nSPS) is 32.1. The topological polar surface area (TPSA) is 72.8 Å². The Bertz CT molecular complexity index is 889. The van der Waals surface area contributed by atoms with Gasteiger partial charge in [0.1, 0.15) is 29.5 Å². The molecule has 3 aliphatic carbocycles. The molecule has 1 aromatic carbocycles. The number of carbonyl (C=O) groups excluding carboxylic acids is 2. The number of fused-ring (bicyclic) bond motifs is 3. The summed E-state index contributed by atoms with van der Waals surface area (Å²) in [6, 6.07) is 3.11. The molecule has 2 saturated carbocycles. The summed E-state index contributed by atoms with van der Waals surface area (Å²) in [6.45, 7) is 8.58. The first-order valence-corrected chi connectivity index (χ1v) is 10.4. The third-order valence-electron chi connectivity index (χ3n) is 7.47. The van der Waals surface area contributed by atoms with E-state index in [1.807, 2.05) is 0 Å². The minimum atomic E-state index is -0.554. The fourth-order valence-electron chi connectivity index (χ4n) is 6.33. The van der Waals surface area contributed by atoms with Gasteiger partial charge in [0.15, 0.2) is 0 Å². The van der Waals surface area contributed by atoms with Gasteiger partial charge in [0, 0.05) is 6.07 Å². The van der Waals surface area contributed by atoms with Crippen molar-refractivity contribution in [2.45, 2.75) is 59.5 Å². The van der Waals surface area contributed by atoms with Crippen LogP contribution in [0.15, 0.2) is 23.3 Å². The van der Waals surface area contributed by atoms with Crippen molar-refractivity contribution in [1.82, 2.24) is 0 Å². The average molecular weight is 398 g/mol. The van der Waals surface area contributed by atoms with Crippen LogP contribution in [0.3, 0.4) is 0 Å². The largest absolute Gasteiger partial charge is 0.507 e. The van der Waals surface area contributed by atoms with Crippen LogP contribution >= 0.6 is 0 Å². The van der Waals surface area contributed by atoms with Gasteiger partial charge in [0.05, 0.1) is 7.11 Å². The van der Waals surface area contributed by atoms with E-state index in [0.717, 1.165) is 43.1 Å². The van der Waals surface area contributed by atoms with Crippen LogP contribution in [0.5, 0.6) is 11.5 Å². The van der Waals surface area contributed by atoms with Crippen molar-refractivity contribution < 1.29 is 24.2 Å². The maximum absolute atomic E-state index is 12.9. The lowest BCUT2D eigenvalue weighted by atomic mass is 9.50. The van der Waals surface area contributed by atoms with Gasteiger partial charge in [-0.25, -0.2) is 4.79 Å². The first-order chi connectivity index (χ1) is 13.6. The third-order valence-corrected chi connectivity index (χ3v) is 7.47. The van der Waals surface area contributed by atoms with E-state index in [1.54, 1.807) is 13.0 Å². The fraction of sp³-hybridized carbons (Fsp3) is 0.583. The number of aldehydes is 1. The van der Waals surface area contributed by atoms with Crippen molar-refractivity contribution in [3.8, 4) is 11.5 Å². The summed E-state index contributed by atoms with van der Waals surface area (Å²) in [6.07, 6.45) is 4.37. The summed E-state index contributed by atoms with van der Waals surface area (Å²) >= 11 is 0. The molecule has 4 unspecified atom stereocenters. The van der Waals surface area contributed by atoms with Crippen LogP contribution in [0.4, 0.5) is 0 Å². The molecule has 5 nitrogen and oxygen atoms in total. The summed E-state index contributed by atoms with van der Waals surface area (Å²) < 4.78 is 11.0. The van der Waals surface area contributed by atoms with E-state index in [1.165, 1.54) is 13.2 Å². The molecule has 0 bridgehead atoms. The molecule has 0 spiro atoms. The number of aromatic hydroxyl groups is 1. The first-order valence-electron chi connectivity index (χ1n) is 10.4. The van der Waals surface area contributed by atoms with Gasteiger partial charge in [-0.1, -0.05) is 20.8 Å². The quantitative estimate of drug-likeness (QED) is 0.593. The average Bonchev–Trinajstić information content (AvgIpc) is 2.94. The molecule has 1 aromatic rings. The molecule has 0 aromatic heterocycles. The van der Waals surface area contributed by atoms with Crippen molar-refractivity contribution in [3.63, 3.8) is 0 Å². The Morgan fingerprint density at radius 2 is 1.93 bits per heavy atom. The standard InChI is InChI=1S/C24H30O5/c1-13-6-16(28-5)8-18(26)20(13)22(27)29-19-11-24(4)17-10-23(2,3)9-14(17)7-15(12-25)21(19)24/h6,8,12,14,17,19,26H,7,9-11H2,1-5H3. The third kappa shape index (κ3) is 3.06. The minimum absolute atomic E-state index is 0.0745. The summed E-state index contributed by atoms with van der Waals surface area (Å²) in [5.41, 5.74) is 2.78. The van der Waals surface area contributed by atoms with Crippen LogP contribution in [0.25, 0.3) is 0 Å². The van der Waals surface area contributed by atoms with Gasteiger partial charge in [-0.3, -0.25) is 4.79 Å². The molecule has 0 saturated heterocycles. The molecule has 0 heterocycles. The first kappa shape index (κ1) is 20.0. The Labute approximate surface area is 172 Å². The van der Waals surface area contributed by atoms with Crippen molar-refractivity contribution in [2.75, 3.05) is 7.11 Å². The van der Waals surface area contributed by atoms with Crippen LogP contribution in [0.2, 0.25) is 0 Å². The molecule has 5 heteroatoms. The zero-order valence-electron chi connectivity index (χ0n) is 17.9. The monoisotopic (exact) mass is 398 g/mol. The number of benzene rings is 1. The molecule has 0 amide bonds. The molecule has 2 fully saturated rings. The van der Waals surface area contributed by atoms with Gasteiger partial charge in [-0.2, -0.15) is 0 Å². The SMILES string of the molecule is COc1cc(C)c(C(=O)OC2CC3(C)C2=C(C=O)CC2CC(C)(C)CC23)c(O)c1. The summed E-state index contributed by atoms with van der Waals surface area (Å²) in [5, 5.41) is 10.3. The van der Waals surface area contributed by atoms with Crippen LogP contribution in [0, 0.1) is 29.6 Å². The van der Waals surface area contributed by atoms with E-state index in [-0.39, 0.29) is 22.1 Å². The van der Waals surface area contributed by atoms with Crippen molar-refractivity contribution in [3.05, 3.63) is 34.4 Å². The number of aryl methyl sites for hydroxylation is 1. The molecule has 156 valence electrons. The number of methoxy groups -OCH3 is 1. The minimum Gasteiger partial charge on any atom is -0.507 e. The number of carbonyl (C=O) groups is 2.